The Balaban J connectivity index is 2.12. The summed E-state index contributed by atoms with van der Waals surface area (Å²) in [7, 11) is 0. The third-order valence-electron chi connectivity index (χ3n) is 4.21. The van der Waals surface area contributed by atoms with Crippen molar-refractivity contribution in [3.63, 3.8) is 0 Å². The number of carboxylic acids is 1. The fourth-order valence-corrected chi connectivity index (χ4v) is 2.54. The lowest BCUT2D eigenvalue weighted by molar-refractivity contribution is -0.142. The van der Waals surface area contributed by atoms with Crippen LogP contribution in [-0.4, -0.2) is 17.0 Å². The minimum absolute atomic E-state index is 0.164. The second kappa shape index (κ2) is 6.07. The van der Waals surface area contributed by atoms with E-state index in [2.05, 4.69) is 5.32 Å². The first-order chi connectivity index (χ1) is 9.49. The minimum Gasteiger partial charge on any atom is -0.479 e. The predicted octanol–water partition coefficient (Wildman–Crippen LogP) is 2.74. The summed E-state index contributed by atoms with van der Waals surface area (Å²) in [4.78, 5) is 23.4. The first kappa shape index (κ1) is 14.6. The zero-order valence-corrected chi connectivity index (χ0v) is 12.0. The Bertz CT molecular complexity index is 520. The van der Waals surface area contributed by atoms with Gasteiger partial charge in [0.15, 0.2) is 6.04 Å². The largest absolute Gasteiger partial charge is 0.479 e. The number of carbonyl (C=O) groups excluding carboxylic acids is 1. The molecule has 1 unspecified atom stereocenters. The molecule has 4 nitrogen and oxygen atoms in total. The summed E-state index contributed by atoms with van der Waals surface area (Å²) in [5, 5.41) is 12.0. The number of hydrogen-bond donors (Lipinski definition) is 2. The molecular weight excluding hydrogens is 254 g/mol. The van der Waals surface area contributed by atoms with Gasteiger partial charge in [-0.15, -0.1) is 0 Å². The Morgan fingerprint density at radius 3 is 2.60 bits per heavy atom. The molecule has 0 saturated heterocycles. The van der Waals surface area contributed by atoms with E-state index in [0.29, 0.717) is 17.9 Å². The van der Waals surface area contributed by atoms with Gasteiger partial charge in [0.25, 0.3) is 0 Å². The lowest BCUT2D eigenvalue weighted by Gasteiger charge is -2.25. The normalized spacial score (nSPS) is 16.3. The molecule has 1 aromatic rings. The Labute approximate surface area is 119 Å². The van der Waals surface area contributed by atoms with Crippen LogP contribution in [0.5, 0.6) is 0 Å². The highest BCUT2D eigenvalue weighted by Crippen LogP contribution is 2.29. The summed E-state index contributed by atoms with van der Waals surface area (Å²) in [5.74, 6) is -0.744. The van der Waals surface area contributed by atoms with E-state index in [1.165, 1.54) is 6.42 Å². The molecule has 0 spiro atoms. The van der Waals surface area contributed by atoms with E-state index in [4.69, 9.17) is 0 Å². The molecule has 1 aliphatic carbocycles. The lowest BCUT2D eigenvalue weighted by atomic mass is 9.83. The first-order valence-electron chi connectivity index (χ1n) is 7.07. The van der Waals surface area contributed by atoms with Crippen LogP contribution in [0.15, 0.2) is 18.2 Å². The van der Waals surface area contributed by atoms with Crippen molar-refractivity contribution in [3.8, 4) is 0 Å². The van der Waals surface area contributed by atoms with Gasteiger partial charge < -0.3 is 10.4 Å². The average molecular weight is 275 g/mol. The van der Waals surface area contributed by atoms with E-state index in [1.54, 1.807) is 6.07 Å². The zero-order chi connectivity index (χ0) is 14.7. The number of aliphatic carboxylic acids is 1. The lowest BCUT2D eigenvalue weighted by Crippen LogP contribution is -2.36. The molecule has 0 bridgehead atoms. The molecule has 1 amide bonds. The monoisotopic (exact) mass is 275 g/mol. The maximum Gasteiger partial charge on any atom is 0.330 e. The summed E-state index contributed by atoms with van der Waals surface area (Å²) in [6.07, 6.45) is 3.77. The first-order valence-corrected chi connectivity index (χ1v) is 7.07. The van der Waals surface area contributed by atoms with Gasteiger partial charge >= 0.3 is 5.97 Å². The van der Waals surface area contributed by atoms with Crippen LogP contribution in [0.1, 0.15) is 48.4 Å². The van der Waals surface area contributed by atoms with Crippen LogP contribution in [-0.2, 0) is 9.59 Å². The number of hydrogen-bond acceptors (Lipinski definition) is 2. The number of carbonyl (C=O) groups is 2. The van der Waals surface area contributed by atoms with Gasteiger partial charge in [-0.05, 0) is 49.3 Å². The van der Waals surface area contributed by atoms with Crippen LogP contribution in [0.25, 0.3) is 0 Å². The van der Waals surface area contributed by atoms with Gasteiger partial charge in [-0.2, -0.15) is 0 Å². The van der Waals surface area contributed by atoms with Gasteiger partial charge in [-0.25, -0.2) is 4.79 Å². The van der Waals surface area contributed by atoms with Gasteiger partial charge in [-0.1, -0.05) is 24.6 Å². The molecule has 1 aromatic carbocycles. The van der Waals surface area contributed by atoms with Crippen LogP contribution in [0.3, 0.4) is 0 Å². The van der Waals surface area contributed by atoms with E-state index in [-0.39, 0.29) is 5.91 Å². The molecule has 1 atom stereocenters. The van der Waals surface area contributed by atoms with Crippen LogP contribution in [0.4, 0.5) is 0 Å². The van der Waals surface area contributed by atoms with E-state index in [1.807, 2.05) is 26.0 Å². The van der Waals surface area contributed by atoms with Crippen molar-refractivity contribution in [3.05, 3.63) is 34.9 Å². The van der Waals surface area contributed by atoms with Crippen LogP contribution in [0, 0.1) is 19.8 Å². The second-order valence-corrected chi connectivity index (χ2v) is 5.63. The molecule has 0 aliphatic heterocycles. The Morgan fingerprint density at radius 2 is 2.05 bits per heavy atom. The molecule has 4 heteroatoms. The van der Waals surface area contributed by atoms with E-state index in [9.17, 15) is 14.7 Å². The van der Waals surface area contributed by atoms with E-state index >= 15 is 0 Å². The smallest absolute Gasteiger partial charge is 0.330 e. The third kappa shape index (κ3) is 3.18. The van der Waals surface area contributed by atoms with Crippen LogP contribution in [0.2, 0.25) is 0 Å². The van der Waals surface area contributed by atoms with Gasteiger partial charge in [0, 0.05) is 6.42 Å². The number of benzene rings is 1. The van der Waals surface area contributed by atoms with Gasteiger partial charge in [0.2, 0.25) is 5.91 Å². The summed E-state index contributed by atoms with van der Waals surface area (Å²) in [6.45, 7) is 3.83. The highest BCUT2D eigenvalue weighted by molar-refractivity contribution is 5.85. The molecular formula is C16H21NO3. The third-order valence-corrected chi connectivity index (χ3v) is 4.21. The van der Waals surface area contributed by atoms with Crippen molar-refractivity contribution < 1.29 is 14.7 Å². The summed E-state index contributed by atoms with van der Waals surface area (Å²) in [5.41, 5.74) is 2.62. The predicted molar refractivity (Wildman–Crippen MR) is 76.4 cm³/mol. The maximum atomic E-state index is 12.0. The van der Waals surface area contributed by atoms with Gasteiger partial charge in [-0.3, -0.25) is 4.79 Å². The van der Waals surface area contributed by atoms with E-state index < -0.39 is 12.0 Å². The molecule has 1 saturated carbocycles. The number of aryl methyl sites for hydroxylation is 1. The maximum absolute atomic E-state index is 12.0. The SMILES string of the molecule is Cc1cccc(C(NC(=O)CC2CCC2)C(=O)O)c1C. The Hall–Kier alpha value is -1.84. The fraction of sp³-hybridized carbons (Fsp3) is 0.500. The van der Waals surface area contributed by atoms with Crippen molar-refractivity contribution in [1.82, 2.24) is 5.32 Å². The standard InChI is InChI=1S/C16H21NO3/c1-10-5-3-8-13(11(10)2)15(16(19)20)17-14(18)9-12-6-4-7-12/h3,5,8,12,15H,4,6-7,9H2,1-2H3,(H,17,18)(H,19,20). The van der Waals surface area contributed by atoms with Crippen molar-refractivity contribution in [2.24, 2.45) is 5.92 Å². The van der Waals surface area contributed by atoms with Crippen molar-refractivity contribution in [2.45, 2.75) is 45.6 Å². The van der Waals surface area contributed by atoms with Crippen molar-refractivity contribution in [2.75, 3.05) is 0 Å². The topological polar surface area (TPSA) is 66.4 Å². The number of amides is 1. The van der Waals surface area contributed by atoms with Gasteiger partial charge in [0.05, 0.1) is 0 Å². The van der Waals surface area contributed by atoms with Gasteiger partial charge in [0.1, 0.15) is 0 Å². The van der Waals surface area contributed by atoms with E-state index in [0.717, 1.165) is 24.0 Å². The van der Waals surface area contributed by atoms with Crippen molar-refractivity contribution >= 4 is 11.9 Å². The molecule has 20 heavy (non-hydrogen) atoms. The van der Waals surface area contributed by atoms with Crippen molar-refractivity contribution in [1.29, 1.82) is 0 Å². The Morgan fingerprint density at radius 1 is 1.35 bits per heavy atom. The number of rotatable bonds is 5. The molecule has 2 rings (SSSR count). The molecule has 0 aromatic heterocycles. The highest BCUT2D eigenvalue weighted by atomic mass is 16.4. The molecule has 0 radical (unpaired) electrons. The fourth-order valence-electron chi connectivity index (χ4n) is 2.54. The molecule has 0 heterocycles. The summed E-state index contributed by atoms with van der Waals surface area (Å²) >= 11 is 0. The molecule has 108 valence electrons. The second-order valence-electron chi connectivity index (χ2n) is 5.63. The quantitative estimate of drug-likeness (QED) is 0.868. The number of nitrogens with one attached hydrogen (secondary N) is 1. The summed E-state index contributed by atoms with van der Waals surface area (Å²) < 4.78 is 0. The molecule has 1 aliphatic rings. The van der Waals surface area contributed by atoms with Crippen LogP contribution < -0.4 is 5.32 Å². The number of carboxylic acid groups (broad SMARTS) is 1. The average Bonchev–Trinajstić information content (AvgIpc) is 2.34. The summed E-state index contributed by atoms with van der Waals surface area (Å²) in [6, 6.07) is 4.58. The molecule has 2 N–H and O–H groups in total. The molecule has 1 fully saturated rings. The van der Waals surface area contributed by atoms with Crippen LogP contribution >= 0.6 is 0 Å². The zero-order valence-electron chi connectivity index (χ0n) is 12.0. The Kier molecular flexibility index (Phi) is 4.42. The minimum atomic E-state index is -1.01. The highest BCUT2D eigenvalue weighted by Gasteiger charge is 2.26.